The molecule has 0 saturated heterocycles. The van der Waals surface area contributed by atoms with Crippen LogP contribution in [0, 0.1) is 0 Å². The quantitative estimate of drug-likeness (QED) is 0.824. The van der Waals surface area contributed by atoms with E-state index in [-0.39, 0.29) is 11.4 Å². The molecule has 0 unspecified atom stereocenters. The van der Waals surface area contributed by atoms with Crippen molar-refractivity contribution in [2.75, 3.05) is 5.32 Å². The highest BCUT2D eigenvalue weighted by Crippen LogP contribution is 2.28. The first-order valence-corrected chi connectivity index (χ1v) is 6.21. The highest BCUT2D eigenvalue weighted by Gasteiger charge is 2.43. The third-order valence-corrected chi connectivity index (χ3v) is 2.83. The number of ether oxygens (including phenoxy) is 1. The maximum absolute atomic E-state index is 12.8. The standard InChI is InChI=1S/C13H11F4N3O3/c1-20-9(6-18-12(20)22)10(21)19-7-3-2-4-8(5-7)23-13(16,17)11(14)15/h2-6,11H,1H3,(H,18,22)(H,19,21). The van der Waals surface area contributed by atoms with Crippen LogP contribution < -0.4 is 15.7 Å². The number of aromatic amines is 1. The second-order valence-corrected chi connectivity index (χ2v) is 4.48. The van der Waals surface area contributed by atoms with Crippen molar-refractivity contribution >= 4 is 11.6 Å². The van der Waals surface area contributed by atoms with Crippen molar-refractivity contribution in [2.45, 2.75) is 12.5 Å². The van der Waals surface area contributed by atoms with Gasteiger partial charge in [0.1, 0.15) is 11.4 Å². The maximum atomic E-state index is 12.8. The van der Waals surface area contributed by atoms with Gasteiger partial charge in [-0.3, -0.25) is 9.36 Å². The van der Waals surface area contributed by atoms with Crippen LogP contribution >= 0.6 is 0 Å². The molecule has 0 bridgehead atoms. The molecule has 2 aromatic rings. The molecule has 0 spiro atoms. The Morgan fingerprint density at radius 1 is 1.39 bits per heavy atom. The lowest BCUT2D eigenvalue weighted by Crippen LogP contribution is -2.33. The lowest BCUT2D eigenvalue weighted by molar-refractivity contribution is -0.253. The van der Waals surface area contributed by atoms with Gasteiger partial charge in [0.05, 0.1) is 0 Å². The van der Waals surface area contributed by atoms with E-state index in [1.54, 1.807) is 0 Å². The summed E-state index contributed by atoms with van der Waals surface area (Å²) in [5.41, 5.74) is -0.478. The van der Waals surface area contributed by atoms with Crippen molar-refractivity contribution < 1.29 is 27.1 Å². The predicted molar refractivity (Wildman–Crippen MR) is 72.0 cm³/mol. The van der Waals surface area contributed by atoms with Gasteiger partial charge in [0.15, 0.2) is 0 Å². The largest absolute Gasteiger partial charge is 0.461 e. The van der Waals surface area contributed by atoms with Crippen LogP contribution in [0.15, 0.2) is 35.3 Å². The lowest BCUT2D eigenvalue weighted by Gasteiger charge is -2.17. The first kappa shape index (κ1) is 16.6. The number of aromatic nitrogens is 2. The summed E-state index contributed by atoms with van der Waals surface area (Å²) in [5.74, 6) is -1.24. The Labute approximate surface area is 126 Å². The zero-order valence-corrected chi connectivity index (χ0v) is 11.6. The first-order valence-electron chi connectivity index (χ1n) is 6.21. The van der Waals surface area contributed by atoms with Crippen molar-refractivity contribution in [1.29, 1.82) is 0 Å². The van der Waals surface area contributed by atoms with Gasteiger partial charge in [-0.05, 0) is 12.1 Å². The van der Waals surface area contributed by atoms with Gasteiger partial charge in [0.25, 0.3) is 5.91 Å². The number of rotatable bonds is 5. The summed E-state index contributed by atoms with van der Waals surface area (Å²) in [7, 11) is 1.36. The van der Waals surface area contributed by atoms with Crippen LogP contribution in [0.2, 0.25) is 0 Å². The summed E-state index contributed by atoms with van der Waals surface area (Å²) in [6, 6.07) is 4.58. The van der Waals surface area contributed by atoms with Gasteiger partial charge >= 0.3 is 18.2 Å². The molecule has 1 amide bonds. The highest BCUT2D eigenvalue weighted by molar-refractivity contribution is 6.03. The molecule has 0 aliphatic rings. The molecule has 23 heavy (non-hydrogen) atoms. The number of hydrogen-bond donors (Lipinski definition) is 2. The zero-order chi connectivity index (χ0) is 17.2. The molecular formula is C13H11F4N3O3. The number of anilines is 1. The maximum Gasteiger partial charge on any atom is 0.461 e. The van der Waals surface area contributed by atoms with E-state index in [1.807, 2.05) is 0 Å². The summed E-state index contributed by atoms with van der Waals surface area (Å²) in [6.07, 6.45) is -7.47. The van der Waals surface area contributed by atoms with Crippen molar-refractivity contribution in [2.24, 2.45) is 7.05 Å². The number of carbonyl (C=O) groups excluding carboxylic acids is 1. The molecule has 10 heteroatoms. The number of carbonyl (C=O) groups is 1. The second kappa shape index (κ2) is 6.15. The molecule has 6 nitrogen and oxygen atoms in total. The Bertz CT molecular complexity index is 770. The minimum Gasteiger partial charge on any atom is -0.428 e. The Balaban J connectivity index is 2.16. The Hall–Kier alpha value is -2.78. The third kappa shape index (κ3) is 3.71. The Morgan fingerprint density at radius 3 is 2.65 bits per heavy atom. The van der Waals surface area contributed by atoms with E-state index in [1.165, 1.54) is 25.4 Å². The number of nitrogens with one attached hydrogen (secondary N) is 2. The third-order valence-electron chi connectivity index (χ3n) is 2.83. The predicted octanol–water partition coefficient (Wildman–Crippen LogP) is 2.20. The summed E-state index contributed by atoms with van der Waals surface area (Å²) in [6.45, 7) is 0. The zero-order valence-electron chi connectivity index (χ0n) is 11.6. The number of amides is 1. The van der Waals surface area contributed by atoms with E-state index in [9.17, 15) is 27.2 Å². The first-order chi connectivity index (χ1) is 10.7. The summed E-state index contributed by atoms with van der Waals surface area (Å²) in [5, 5.41) is 2.34. The molecule has 2 rings (SSSR count). The fourth-order valence-corrected chi connectivity index (χ4v) is 1.69. The van der Waals surface area contributed by atoms with Crippen molar-refractivity contribution in [3.63, 3.8) is 0 Å². The minimum atomic E-state index is -4.65. The van der Waals surface area contributed by atoms with Gasteiger partial charge in [-0.25, -0.2) is 4.79 Å². The molecule has 2 N–H and O–H groups in total. The molecule has 0 fully saturated rings. The number of halogens is 4. The van der Waals surface area contributed by atoms with E-state index >= 15 is 0 Å². The highest BCUT2D eigenvalue weighted by atomic mass is 19.3. The van der Waals surface area contributed by atoms with Gasteiger partial charge in [-0.1, -0.05) is 6.07 Å². The van der Waals surface area contributed by atoms with E-state index in [0.29, 0.717) is 0 Å². The van der Waals surface area contributed by atoms with Crippen LogP contribution in [-0.4, -0.2) is 28.0 Å². The number of imidazole rings is 1. The fraction of sp³-hybridized carbons (Fsp3) is 0.231. The van der Waals surface area contributed by atoms with Crippen molar-refractivity contribution in [1.82, 2.24) is 9.55 Å². The number of nitrogens with zero attached hydrogens (tertiary/aromatic N) is 1. The van der Waals surface area contributed by atoms with Gasteiger partial charge in [0.2, 0.25) is 0 Å². The van der Waals surface area contributed by atoms with Gasteiger partial charge < -0.3 is 15.0 Å². The van der Waals surface area contributed by atoms with Crippen LogP contribution in [0.1, 0.15) is 10.5 Å². The number of H-pyrrole nitrogens is 1. The van der Waals surface area contributed by atoms with E-state index < -0.39 is 29.9 Å². The monoisotopic (exact) mass is 333 g/mol. The number of benzene rings is 1. The van der Waals surface area contributed by atoms with Crippen molar-refractivity contribution in [3.05, 3.63) is 46.6 Å². The van der Waals surface area contributed by atoms with Crippen LogP contribution in [0.5, 0.6) is 5.75 Å². The van der Waals surface area contributed by atoms with Crippen LogP contribution in [0.25, 0.3) is 0 Å². The molecule has 0 saturated carbocycles. The Morgan fingerprint density at radius 2 is 2.09 bits per heavy atom. The van der Waals surface area contributed by atoms with E-state index in [4.69, 9.17) is 0 Å². The van der Waals surface area contributed by atoms with Crippen LogP contribution in [0.4, 0.5) is 23.2 Å². The fourth-order valence-electron chi connectivity index (χ4n) is 1.69. The number of hydrogen-bond acceptors (Lipinski definition) is 3. The van der Waals surface area contributed by atoms with Gasteiger partial charge in [-0.15, -0.1) is 0 Å². The second-order valence-electron chi connectivity index (χ2n) is 4.48. The molecule has 0 atom stereocenters. The van der Waals surface area contributed by atoms with E-state index in [0.717, 1.165) is 16.7 Å². The molecule has 1 aromatic heterocycles. The molecule has 1 heterocycles. The number of alkyl halides is 4. The summed E-state index contributed by atoms with van der Waals surface area (Å²) < 4.78 is 54.8. The van der Waals surface area contributed by atoms with Crippen molar-refractivity contribution in [3.8, 4) is 5.75 Å². The Kier molecular flexibility index (Phi) is 4.43. The smallest absolute Gasteiger partial charge is 0.428 e. The normalized spacial score (nSPS) is 11.6. The summed E-state index contributed by atoms with van der Waals surface area (Å²) in [4.78, 5) is 25.5. The average Bonchev–Trinajstić information content (AvgIpc) is 2.78. The van der Waals surface area contributed by atoms with Gasteiger partial charge in [-0.2, -0.15) is 17.6 Å². The lowest BCUT2D eigenvalue weighted by atomic mass is 10.3. The average molecular weight is 333 g/mol. The molecule has 124 valence electrons. The van der Waals surface area contributed by atoms with E-state index in [2.05, 4.69) is 15.0 Å². The minimum absolute atomic E-state index is 0.000711. The van der Waals surface area contributed by atoms with Crippen LogP contribution in [-0.2, 0) is 7.05 Å². The summed E-state index contributed by atoms with van der Waals surface area (Å²) >= 11 is 0. The molecule has 1 aromatic carbocycles. The molecule has 0 aliphatic heterocycles. The topological polar surface area (TPSA) is 76.1 Å². The molecule has 0 radical (unpaired) electrons. The van der Waals surface area contributed by atoms with Gasteiger partial charge in [0, 0.05) is 25.0 Å². The van der Waals surface area contributed by atoms with Crippen LogP contribution in [0.3, 0.4) is 0 Å². The molecule has 0 aliphatic carbocycles. The molecular weight excluding hydrogens is 322 g/mol. The SMILES string of the molecule is Cn1c(C(=O)Nc2cccc(OC(F)(F)C(F)F)c2)c[nH]c1=O.